The van der Waals surface area contributed by atoms with E-state index in [0.29, 0.717) is 5.56 Å². The van der Waals surface area contributed by atoms with Crippen molar-refractivity contribution < 1.29 is 4.79 Å². The molecule has 4 aromatic rings. The van der Waals surface area contributed by atoms with Crippen LogP contribution in [0.1, 0.15) is 38.8 Å². The van der Waals surface area contributed by atoms with Crippen LogP contribution in [0.4, 0.5) is 5.00 Å². The second-order valence-electron chi connectivity index (χ2n) is 8.14. The highest BCUT2D eigenvalue weighted by Crippen LogP contribution is 2.45. The van der Waals surface area contributed by atoms with Crippen LogP contribution in [-0.2, 0) is 13.0 Å². The van der Waals surface area contributed by atoms with Gasteiger partial charge < -0.3 is 5.32 Å². The number of fused-ring (bicyclic) bond motifs is 2. The topological polar surface area (TPSA) is 45.2 Å². The molecule has 31 heavy (non-hydrogen) atoms. The molecule has 0 aliphatic carbocycles. The smallest absolute Gasteiger partial charge is 0.256 e. The van der Waals surface area contributed by atoms with E-state index >= 15 is 0 Å². The predicted octanol–water partition coefficient (Wildman–Crippen LogP) is 6.27. The number of anilines is 1. The molecule has 3 heterocycles. The molecule has 0 atom stereocenters. The first-order valence-electron chi connectivity index (χ1n) is 10.6. The number of nitrogens with one attached hydrogen (secondary N) is 1. The fourth-order valence-electron chi connectivity index (χ4n) is 4.30. The van der Waals surface area contributed by atoms with E-state index in [-0.39, 0.29) is 5.91 Å². The molecule has 0 radical (unpaired) electrons. The SMILES string of the molecule is CCN1CCc2c(sc(NC(=O)c3cc(C)cc(C)c3)c2-c2nc3ccccc3s2)C1. The van der Waals surface area contributed by atoms with Gasteiger partial charge in [0.1, 0.15) is 10.0 Å². The Balaban J connectivity index is 1.59. The van der Waals surface area contributed by atoms with Crippen molar-refractivity contribution in [2.75, 3.05) is 18.4 Å². The van der Waals surface area contributed by atoms with Gasteiger partial charge in [0.15, 0.2) is 0 Å². The molecular weight excluding hydrogens is 422 g/mol. The Labute approximate surface area is 190 Å². The van der Waals surface area contributed by atoms with Crippen molar-refractivity contribution in [2.24, 2.45) is 0 Å². The number of aromatic nitrogens is 1. The summed E-state index contributed by atoms with van der Waals surface area (Å²) >= 11 is 3.42. The van der Waals surface area contributed by atoms with Crippen LogP contribution in [0.15, 0.2) is 42.5 Å². The van der Waals surface area contributed by atoms with Crippen LogP contribution < -0.4 is 5.32 Å². The van der Waals surface area contributed by atoms with Crippen LogP contribution >= 0.6 is 22.7 Å². The van der Waals surface area contributed by atoms with Gasteiger partial charge in [0, 0.05) is 29.1 Å². The second kappa shape index (κ2) is 8.19. The molecule has 158 valence electrons. The van der Waals surface area contributed by atoms with Crippen molar-refractivity contribution in [3.63, 3.8) is 0 Å². The lowest BCUT2D eigenvalue weighted by Gasteiger charge is -2.25. The van der Waals surface area contributed by atoms with Gasteiger partial charge in [-0.3, -0.25) is 9.69 Å². The first-order valence-corrected chi connectivity index (χ1v) is 12.3. The molecule has 2 aromatic heterocycles. The molecule has 1 aliphatic heterocycles. The number of likely N-dealkylation sites (N-methyl/N-ethyl adjacent to an activating group) is 1. The standard InChI is InChI=1S/C25H25N3OS2/c1-4-28-10-9-18-21(14-28)31-25(27-23(29)17-12-15(2)11-16(3)13-17)22(18)24-26-19-7-5-6-8-20(19)30-24/h5-8,11-13H,4,9-10,14H2,1-3H3,(H,27,29). The number of carbonyl (C=O) groups excluding carboxylic acids is 1. The second-order valence-corrected chi connectivity index (χ2v) is 10.3. The zero-order valence-electron chi connectivity index (χ0n) is 18.0. The van der Waals surface area contributed by atoms with Gasteiger partial charge in [0.2, 0.25) is 0 Å². The minimum absolute atomic E-state index is 0.0555. The van der Waals surface area contributed by atoms with Crippen LogP contribution in [-0.4, -0.2) is 28.9 Å². The molecule has 1 N–H and O–H groups in total. The zero-order valence-corrected chi connectivity index (χ0v) is 19.6. The van der Waals surface area contributed by atoms with E-state index in [9.17, 15) is 4.79 Å². The van der Waals surface area contributed by atoms with Crippen molar-refractivity contribution in [1.82, 2.24) is 9.88 Å². The molecular formula is C25H25N3OS2. The third-order valence-corrected chi connectivity index (χ3v) is 7.99. The normalized spacial score (nSPS) is 14.0. The van der Waals surface area contributed by atoms with Crippen molar-refractivity contribution in [2.45, 2.75) is 33.7 Å². The van der Waals surface area contributed by atoms with E-state index in [1.807, 2.05) is 32.0 Å². The molecule has 0 saturated heterocycles. The van der Waals surface area contributed by atoms with Crippen molar-refractivity contribution >= 4 is 43.8 Å². The highest BCUT2D eigenvalue weighted by molar-refractivity contribution is 7.23. The van der Waals surface area contributed by atoms with Gasteiger partial charge in [-0.1, -0.05) is 36.2 Å². The first-order chi connectivity index (χ1) is 15.0. The number of para-hydroxylation sites is 1. The lowest BCUT2D eigenvalue weighted by Crippen LogP contribution is -2.29. The van der Waals surface area contributed by atoms with E-state index in [1.165, 1.54) is 15.1 Å². The lowest BCUT2D eigenvalue weighted by atomic mass is 10.0. The van der Waals surface area contributed by atoms with Crippen LogP contribution in [0.25, 0.3) is 20.8 Å². The van der Waals surface area contributed by atoms with Crippen molar-refractivity contribution in [1.29, 1.82) is 0 Å². The third kappa shape index (κ3) is 3.91. The third-order valence-electron chi connectivity index (χ3n) is 5.80. The van der Waals surface area contributed by atoms with Crippen LogP contribution in [0.2, 0.25) is 0 Å². The number of aryl methyl sites for hydroxylation is 2. The Hall–Kier alpha value is -2.54. The van der Waals surface area contributed by atoms with Gasteiger partial charge in [-0.25, -0.2) is 4.98 Å². The minimum Gasteiger partial charge on any atom is -0.313 e. The quantitative estimate of drug-likeness (QED) is 0.401. The van der Waals surface area contributed by atoms with E-state index < -0.39 is 0 Å². The van der Waals surface area contributed by atoms with Gasteiger partial charge in [-0.15, -0.1) is 22.7 Å². The number of rotatable bonds is 4. The minimum atomic E-state index is -0.0555. The fourth-order valence-corrected chi connectivity index (χ4v) is 6.70. The summed E-state index contributed by atoms with van der Waals surface area (Å²) in [6.07, 6.45) is 0.990. The monoisotopic (exact) mass is 447 g/mol. The van der Waals surface area contributed by atoms with E-state index in [1.54, 1.807) is 22.7 Å². The summed E-state index contributed by atoms with van der Waals surface area (Å²) < 4.78 is 1.18. The number of hydrogen-bond acceptors (Lipinski definition) is 5. The Kier molecular flexibility index (Phi) is 5.38. The largest absolute Gasteiger partial charge is 0.313 e. The predicted molar refractivity (Wildman–Crippen MR) is 131 cm³/mol. The Morgan fingerprint density at radius 2 is 1.90 bits per heavy atom. The number of carbonyl (C=O) groups is 1. The number of hydrogen-bond donors (Lipinski definition) is 1. The van der Waals surface area contributed by atoms with Gasteiger partial charge in [-0.05, 0) is 56.6 Å². The lowest BCUT2D eigenvalue weighted by molar-refractivity contribution is 0.102. The Bertz CT molecular complexity index is 1230. The van der Waals surface area contributed by atoms with E-state index in [2.05, 4.69) is 41.4 Å². The highest BCUT2D eigenvalue weighted by atomic mass is 32.1. The first kappa shape index (κ1) is 20.4. The van der Waals surface area contributed by atoms with Crippen molar-refractivity contribution in [3.05, 3.63) is 69.6 Å². The molecule has 0 saturated carbocycles. The number of benzene rings is 2. The number of nitrogens with zero attached hydrogens (tertiary/aromatic N) is 2. The summed E-state index contributed by atoms with van der Waals surface area (Å²) in [5, 5.41) is 5.16. The van der Waals surface area contributed by atoms with Gasteiger partial charge in [0.05, 0.1) is 10.2 Å². The van der Waals surface area contributed by atoms with E-state index in [4.69, 9.17) is 4.98 Å². The van der Waals surface area contributed by atoms with E-state index in [0.717, 1.165) is 58.3 Å². The maximum atomic E-state index is 13.2. The average molecular weight is 448 g/mol. The molecule has 4 nitrogen and oxygen atoms in total. The molecule has 5 rings (SSSR count). The summed E-state index contributed by atoms with van der Waals surface area (Å²) in [5.41, 5.74) is 6.38. The number of thiazole rings is 1. The molecule has 2 aromatic carbocycles. The van der Waals surface area contributed by atoms with Gasteiger partial charge in [0.25, 0.3) is 5.91 Å². The molecule has 1 amide bonds. The highest BCUT2D eigenvalue weighted by Gasteiger charge is 2.27. The number of thiophene rings is 1. The van der Waals surface area contributed by atoms with Gasteiger partial charge >= 0.3 is 0 Å². The molecule has 0 fully saturated rings. The van der Waals surface area contributed by atoms with Crippen LogP contribution in [0, 0.1) is 13.8 Å². The number of amides is 1. The summed E-state index contributed by atoms with van der Waals surface area (Å²) in [6.45, 7) is 9.28. The van der Waals surface area contributed by atoms with Crippen LogP contribution in [0.3, 0.4) is 0 Å². The Morgan fingerprint density at radius 1 is 1.13 bits per heavy atom. The molecule has 0 bridgehead atoms. The average Bonchev–Trinajstić information content (AvgIpc) is 3.32. The van der Waals surface area contributed by atoms with Crippen molar-refractivity contribution in [3.8, 4) is 10.6 Å². The summed E-state index contributed by atoms with van der Waals surface area (Å²) in [5.74, 6) is -0.0555. The molecule has 1 aliphatic rings. The summed E-state index contributed by atoms with van der Waals surface area (Å²) in [7, 11) is 0. The molecule has 6 heteroatoms. The Morgan fingerprint density at radius 3 is 2.65 bits per heavy atom. The zero-order chi connectivity index (χ0) is 21.5. The molecule has 0 unspecified atom stereocenters. The summed E-state index contributed by atoms with van der Waals surface area (Å²) in [6, 6.07) is 14.2. The van der Waals surface area contributed by atoms with Gasteiger partial charge in [-0.2, -0.15) is 0 Å². The summed E-state index contributed by atoms with van der Waals surface area (Å²) in [4.78, 5) is 21.9. The fraction of sp³-hybridized carbons (Fsp3) is 0.280. The van der Waals surface area contributed by atoms with Crippen LogP contribution in [0.5, 0.6) is 0 Å². The maximum absolute atomic E-state index is 13.2. The molecule has 0 spiro atoms. The maximum Gasteiger partial charge on any atom is 0.256 e.